The van der Waals surface area contributed by atoms with Crippen molar-refractivity contribution in [1.82, 2.24) is 4.90 Å². The van der Waals surface area contributed by atoms with E-state index < -0.39 is 90.3 Å². The molecule has 0 aromatic heterocycles. The maximum absolute atomic E-state index is 14.3. The second-order valence-electron chi connectivity index (χ2n) is 19.7. The first kappa shape index (κ1) is 53.2. The van der Waals surface area contributed by atoms with Gasteiger partial charge in [0.15, 0.2) is 0 Å². The zero-order chi connectivity index (χ0) is 47.5. The Morgan fingerprint density at radius 3 is 2.25 bits per heavy atom. The fourth-order valence-corrected chi connectivity index (χ4v) is 10.0. The average Bonchev–Trinajstić information content (AvgIpc) is 3.26. The van der Waals surface area contributed by atoms with Crippen molar-refractivity contribution in [3.63, 3.8) is 0 Å². The normalized spacial score (nSPS) is 40.9. The number of fused-ring (bicyclic) bond motifs is 3. The van der Waals surface area contributed by atoms with Gasteiger partial charge >= 0.3 is 5.97 Å². The van der Waals surface area contributed by atoms with Crippen molar-refractivity contribution >= 4 is 29.2 Å². The minimum atomic E-state index is -2.50. The number of hydrogen-bond donors (Lipinski definition) is 6. The lowest BCUT2D eigenvalue weighted by molar-refractivity contribution is -0.265. The van der Waals surface area contributed by atoms with E-state index in [0.717, 1.165) is 4.90 Å². The molecule has 2 saturated heterocycles. The fraction of sp³-hybridized carbons (Fsp3) is 0.740. The van der Waals surface area contributed by atoms with Crippen molar-refractivity contribution in [2.75, 3.05) is 19.8 Å². The van der Waals surface area contributed by atoms with Crippen LogP contribution in [0.25, 0.3) is 0 Å². The molecule has 6 N–H and O–H groups in total. The number of carbonyl (C=O) groups excluding carboxylic acids is 5. The number of esters is 1. The number of aliphatic hydroxyl groups excluding tert-OH is 5. The number of allylic oxidation sites excluding steroid dienone is 6. The van der Waals surface area contributed by atoms with Gasteiger partial charge in [0.2, 0.25) is 5.79 Å². The second-order valence-corrected chi connectivity index (χ2v) is 19.7. The highest BCUT2D eigenvalue weighted by molar-refractivity contribution is 6.39. The number of piperidine rings is 1. The minimum absolute atomic E-state index is 0.0359. The van der Waals surface area contributed by atoms with E-state index in [4.69, 9.17) is 9.47 Å². The molecule has 2 bridgehead atoms. The van der Waals surface area contributed by atoms with E-state index in [1.165, 1.54) is 0 Å². The molecule has 360 valence electrons. The number of ether oxygens (including phenoxy) is 2. The van der Waals surface area contributed by atoms with E-state index in [9.17, 15) is 54.6 Å². The van der Waals surface area contributed by atoms with Crippen LogP contribution >= 0.6 is 0 Å². The highest BCUT2D eigenvalue weighted by Crippen LogP contribution is 2.38. The topological polar surface area (TPSA) is 228 Å². The van der Waals surface area contributed by atoms with Gasteiger partial charge < -0.3 is 45.0 Å². The number of nitrogens with zero attached hydrogens (tertiary/aromatic N) is 1. The predicted molar refractivity (Wildman–Crippen MR) is 240 cm³/mol. The van der Waals surface area contributed by atoms with Crippen LogP contribution in [-0.4, -0.2) is 127 Å². The first-order valence-corrected chi connectivity index (χ1v) is 23.7. The molecule has 64 heavy (non-hydrogen) atoms. The number of ketones is 3. The Balaban J connectivity index is 1.69. The van der Waals surface area contributed by atoms with E-state index in [0.29, 0.717) is 68.9 Å². The Morgan fingerprint density at radius 2 is 1.56 bits per heavy atom. The summed E-state index contributed by atoms with van der Waals surface area (Å²) in [7, 11) is 0. The molecular weight excluding hydrogens is 823 g/mol. The number of cyclic esters (lactones) is 1. The number of hydrogen-bond acceptors (Lipinski definition) is 13. The van der Waals surface area contributed by atoms with Crippen molar-refractivity contribution in [1.29, 1.82) is 0 Å². The molecule has 4 aliphatic rings. The molecule has 14 heteroatoms. The summed E-state index contributed by atoms with van der Waals surface area (Å²) < 4.78 is 12.2. The van der Waals surface area contributed by atoms with E-state index >= 15 is 0 Å². The van der Waals surface area contributed by atoms with Gasteiger partial charge in [0.25, 0.3) is 11.7 Å². The number of Topliss-reactive ketones (excluding diaryl/α,β-unsaturated/α-hetero) is 3. The van der Waals surface area contributed by atoms with Crippen LogP contribution in [0.2, 0.25) is 0 Å². The zero-order valence-electron chi connectivity index (χ0n) is 39.1. The van der Waals surface area contributed by atoms with Crippen molar-refractivity contribution < 1.29 is 64.1 Å². The molecule has 4 rings (SSSR count). The number of aliphatic hydroxyl groups is 6. The van der Waals surface area contributed by atoms with E-state index in [1.54, 1.807) is 58.9 Å². The molecule has 1 saturated carbocycles. The highest BCUT2D eigenvalue weighted by Gasteiger charge is 2.53. The van der Waals surface area contributed by atoms with Gasteiger partial charge in [-0.25, -0.2) is 4.79 Å². The van der Waals surface area contributed by atoms with E-state index in [1.807, 2.05) is 26.0 Å². The Hall–Kier alpha value is -3.37. The first-order valence-electron chi connectivity index (χ1n) is 23.7. The Bertz CT molecular complexity index is 1740. The van der Waals surface area contributed by atoms with E-state index in [2.05, 4.69) is 0 Å². The molecule has 0 radical (unpaired) electrons. The number of carbonyl (C=O) groups is 5. The predicted octanol–water partition coefficient (Wildman–Crippen LogP) is 4.71. The first-order chi connectivity index (χ1) is 30.2. The average molecular weight is 900 g/mol. The molecule has 1 aliphatic carbocycles. The van der Waals surface area contributed by atoms with Crippen LogP contribution in [0.1, 0.15) is 126 Å². The van der Waals surface area contributed by atoms with Crippen molar-refractivity contribution in [2.45, 2.75) is 168 Å². The van der Waals surface area contributed by atoms with E-state index in [-0.39, 0.29) is 67.7 Å². The standard InChI is InChI=1S/C50H77NO13/c1-29-13-9-8-10-14-30(2)42(55)25-38-18-16-35(7)50(62,64-38)47(59)48(60)51-20-12-11-15-40(51)49(61)63-44(32(4)23-36-17-19-41(54)37(24-36)27-52)26-43(56)31(3)22-34(6)46(58)39(28-53)45(57)33(5)21-29/h8-10,13-14,22,29,31-33,35-42,44,46,52-55,58,62H,11-12,15-21,23-28H2,1-7H3/b10-8+,13-9+,30-14+,34-22+/t29-,31-,32-,33-,35-,36+,37+,38+,39+,40+,41-,42?,44+,46-,50+/m1/s1. The van der Waals surface area contributed by atoms with Crippen LogP contribution in [0.3, 0.4) is 0 Å². The monoisotopic (exact) mass is 900 g/mol. The summed E-state index contributed by atoms with van der Waals surface area (Å²) >= 11 is 0. The van der Waals surface area contributed by atoms with Crippen LogP contribution in [0.15, 0.2) is 47.6 Å². The summed E-state index contributed by atoms with van der Waals surface area (Å²) in [5, 5.41) is 64.9. The zero-order valence-corrected chi connectivity index (χ0v) is 39.1. The van der Waals surface area contributed by atoms with Gasteiger partial charge in [0, 0.05) is 49.7 Å². The van der Waals surface area contributed by atoms with Crippen LogP contribution < -0.4 is 0 Å². The Kier molecular flexibility index (Phi) is 20.3. The molecule has 1 unspecified atom stereocenters. The number of amides is 1. The summed E-state index contributed by atoms with van der Waals surface area (Å²) in [6.45, 7) is 11.5. The SMILES string of the molecule is C\C1=C/C=C/C=C/[C@@H](C)C[C@@H](C)C(=O)[C@H](CO)[C@H](O)/C(C)=C/[C@@H](C)C(=O)C[C@@H]([C@H](C)C[C@@H]2CC[C@@H](O)[C@H](CO)C2)OC(=O)[C@@H]2CCCCN2C(=O)C(=O)[C@@]2(O)O[C@@H](CC[C@H]2C)CC1O. The van der Waals surface area contributed by atoms with Gasteiger partial charge in [-0.1, -0.05) is 71.1 Å². The summed E-state index contributed by atoms with van der Waals surface area (Å²) in [5.74, 6) is -10.0. The molecule has 0 aromatic rings. The van der Waals surface area contributed by atoms with Gasteiger partial charge in [0.1, 0.15) is 23.7 Å². The van der Waals surface area contributed by atoms with Crippen LogP contribution in [0.5, 0.6) is 0 Å². The lowest BCUT2D eigenvalue weighted by Gasteiger charge is -2.42. The van der Waals surface area contributed by atoms with Gasteiger partial charge in [-0.05, 0) is 107 Å². The van der Waals surface area contributed by atoms with Gasteiger partial charge in [-0.15, -0.1) is 0 Å². The van der Waals surface area contributed by atoms with Crippen LogP contribution in [0.4, 0.5) is 0 Å². The molecular formula is C50H77NO13. The lowest BCUT2D eigenvalue weighted by atomic mass is 9.75. The molecule has 15 atom stereocenters. The van der Waals surface area contributed by atoms with Crippen LogP contribution in [0, 0.1) is 47.3 Å². The van der Waals surface area contributed by atoms with Gasteiger partial charge in [-0.2, -0.15) is 0 Å². The van der Waals surface area contributed by atoms with Crippen molar-refractivity contribution in [3.8, 4) is 0 Å². The summed E-state index contributed by atoms with van der Waals surface area (Å²) in [6, 6.07) is -1.18. The smallest absolute Gasteiger partial charge is 0.329 e. The Morgan fingerprint density at radius 1 is 0.844 bits per heavy atom. The summed E-state index contributed by atoms with van der Waals surface area (Å²) in [5.41, 5.74) is 0.941. The Labute approximate surface area is 379 Å². The second kappa shape index (κ2) is 24.4. The fourth-order valence-electron chi connectivity index (χ4n) is 10.0. The lowest BCUT2D eigenvalue weighted by Crippen LogP contribution is -2.61. The molecule has 3 aliphatic heterocycles. The number of rotatable bonds is 5. The van der Waals surface area contributed by atoms with Crippen LogP contribution in [-0.2, 0) is 33.4 Å². The molecule has 0 spiro atoms. The third-order valence-corrected chi connectivity index (χ3v) is 14.5. The molecule has 1 amide bonds. The third kappa shape index (κ3) is 13.8. The largest absolute Gasteiger partial charge is 0.460 e. The molecule has 3 fully saturated rings. The van der Waals surface area contributed by atoms with Gasteiger partial charge in [-0.3, -0.25) is 19.2 Å². The minimum Gasteiger partial charge on any atom is -0.460 e. The third-order valence-electron chi connectivity index (χ3n) is 14.5. The maximum Gasteiger partial charge on any atom is 0.329 e. The van der Waals surface area contributed by atoms with Crippen molar-refractivity contribution in [2.24, 2.45) is 47.3 Å². The molecule has 14 nitrogen and oxygen atoms in total. The highest BCUT2D eigenvalue weighted by atomic mass is 16.6. The quantitative estimate of drug-likeness (QED) is 0.125. The summed E-state index contributed by atoms with van der Waals surface area (Å²) in [6.07, 6.45) is 10.4. The van der Waals surface area contributed by atoms with Crippen molar-refractivity contribution in [3.05, 3.63) is 47.6 Å². The molecule has 3 heterocycles. The van der Waals surface area contributed by atoms with Gasteiger partial charge in [0.05, 0.1) is 36.9 Å². The molecule has 0 aromatic carbocycles. The maximum atomic E-state index is 14.3. The summed E-state index contributed by atoms with van der Waals surface area (Å²) in [4.78, 5) is 71.3.